The first-order chi connectivity index (χ1) is 12.1. The highest BCUT2D eigenvalue weighted by atomic mass is 19.1. The van der Waals surface area contributed by atoms with E-state index in [4.69, 9.17) is 15.5 Å². The molecule has 0 saturated heterocycles. The zero-order valence-corrected chi connectivity index (χ0v) is 12.8. The summed E-state index contributed by atoms with van der Waals surface area (Å²) in [5.41, 5.74) is 1.63. The summed E-state index contributed by atoms with van der Waals surface area (Å²) < 4.78 is 13.4. The standard InChI is InChI=1S/C17H12FN5O2/c18-16-5-4-15(7-14(16)9-20)22-11-17(23(24)25-22)21-10-13-3-1-2-12(6-13)8-19/h1-7,11,21,24H,10H2. The van der Waals surface area contributed by atoms with E-state index in [1.165, 1.54) is 23.4 Å². The average Bonchev–Trinajstić information content (AvgIpc) is 3.01. The normalized spacial score (nSPS) is 13.2. The molecule has 1 aliphatic heterocycles. The Morgan fingerprint density at radius 2 is 2.00 bits per heavy atom. The Labute approximate surface area is 142 Å². The molecule has 0 bridgehead atoms. The minimum atomic E-state index is -0.633. The van der Waals surface area contributed by atoms with Crippen LogP contribution in [0.3, 0.4) is 0 Å². The number of hydroxylamine groups is 3. The molecule has 0 radical (unpaired) electrons. The monoisotopic (exact) mass is 337 g/mol. The maximum Gasteiger partial charge on any atom is 0.179 e. The van der Waals surface area contributed by atoms with Gasteiger partial charge in [-0.05, 0) is 35.9 Å². The third-order valence-corrected chi connectivity index (χ3v) is 3.47. The molecule has 2 aromatic rings. The van der Waals surface area contributed by atoms with Crippen molar-refractivity contribution in [3.05, 3.63) is 77.0 Å². The fourth-order valence-corrected chi connectivity index (χ4v) is 2.23. The number of halogens is 1. The molecule has 2 N–H and O–H groups in total. The second-order valence-electron chi connectivity index (χ2n) is 5.14. The molecule has 0 fully saturated rings. The lowest BCUT2D eigenvalue weighted by atomic mass is 10.1. The predicted molar refractivity (Wildman–Crippen MR) is 84.4 cm³/mol. The van der Waals surface area contributed by atoms with Crippen LogP contribution in [0.2, 0.25) is 0 Å². The summed E-state index contributed by atoms with van der Waals surface area (Å²) >= 11 is 0. The molecule has 2 aromatic carbocycles. The number of benzene rings is 2. The molecule has 1 aliphatic rings. The predicted octanol–water partition coefficient (Wildman–Crippen LogP) is 2.52. The van der Waals surface area contributed by atoms with Crippen LogP contribution in [0.5, 0.6) is 0 Å². The number of nitrogens with zero attached hydrogens (tertiary/aromatic N) is 4. The van der Waals surface area contributed by atoms with E-state index in [0.717, 1.165) is 11.6 Å². The molecule has 3 rings (SSSR count). The minimum absolute atomic E-state index is 0.131. The van der Waals surface area contributed by atoms with Crippen molar-refractivity contribution < 1.29 is 14.5 Å². The van der Waals surface area contributed by atoms with E-state index >= 15 is 0 Å². The van der Waals surface area contributed by atoms with E-state index in [2.05, 4.69) is 11.4 Å². The molecule has 7 nitrogen and oxygen atoms in total. The van der Waals surface area contributed by atoms with Gasteiger partial charge in [0.25, 0.3) is 0 Å². The summed E-state index contributed by atoms with van der Waals surface area (Å²) in [4.78, 5) is 5.12. The van der Waals surface area contributed by atoms with E-state index in [1.54, 1.807) is 24.3 Å². The highest BCUT2D eigenvalue weighted by Crippen LogP contribution is 2.24. The molecular formula is C17H12FN5O2. The third kappa shape index (κ3) is 3.51. The van der Waals surface area contributed by atoms with Crippen molar-refractivity contribution in [1.29, 1.82) is 10.5 Å². The summed E-state index contributed by atoms with van der Waals surface area (Å²) in [7, 11) is 0. The maximum atomic E-state index is 13.4. The Bertz CT molecular complexity index is 916. The van der Waals surface area contributed by atoms with Gasteiger partial charge in [0.15, 0.2) is 5.82 Å². The van der Waals surface area contributed by atoms with Crippen LogP contribution in [-0.2, 0) is 11.5 Å². The number of hydrogen-bond donors (Lipinski definition) is 2. The fraction of sp³-hybridized carbons (Fsp3) is 0.0588. The van der Waals surface area contributed by atoms with Gasteiger partial charge >= 0.3 is 0 Å². The number of anilines is 1. The van der Waals surface area contributed by atoms with Crippen molar-refractivity contribution >= 4 is 5.69 Å². The van der Waals surface area contributed by atoms with Crippen molar-refractivity contribution in [2.75, 3.05) is 5.06 Å². The van der Waals surface area contributed by atoms with Gasteiger partial charge in [-0.1, -0.05) is 17.4 Å². The Hall–Kier alpha value is -3.59. The van der Waals surface area contributed by atoms with Gasteiger partial charge in [-0.3, -0.25) is 5.21 Å². The molecule has 0 amide bonds. The molecule has 0 spiro atoms. The Morgan fingerprint density at radius 3 is 2.76 bits per heavy atom. The fourth-order valence-electron chi connectivity index (χ4n) is 2.23. The number of nitrogens with one attached hydrogen (secondary N) is 1. The van der Waals surface area contributed by atoms with Crippen LogP contribution in [0, 0.1) is 28.5 Å². The molecule has 25 heavy (non-hydrogen) atoms. The third-order valence-electron chi connectivity index (χ3n) is 3.47. The molecule has 0 unspecified atom stereocenters. The topological polar surface area (TPSA) is 95.5 Å². The first-order valence-corrected chi connectivity index (χ1v) is 7.21. The maximum absolute atomic E-state index is 13.4. The molecule has 124 valence electrons. The van der Waals surface area contributed by atoms with Crippen LogP contribution in [-0.4, -0.2) is 10.4 Å². The molecule has 1 heterocycles. The highest BCUT2D eigenvalue weighted by Gasteiger charge is 2.23. The minimum Gasteiger partial charge on any atom is -0.362 e. The van der Waals surface area contributed by atoms with Crippen LogP contribution in [0.1, 0.15) is 16.7 Å². The van der Waals surface area contributed by atoms with Gasteiger partial charge in [0.05, 0.1) is 29.1 Å². The Morgan fingerprint density at radius 1 is 1.16 bits per heavy atom. The van der Waals surface area contributed by atoms with Crippen LogP contribution in [0.4, 0.5) is 10.1 Å². The van der Waals surface area contributed by atoms with Crippen LogP contribution < -0.4 is 10.4 Å². The quantitative estimate of drug-likeness (QED) is 0.885. The van der Waals surface area contributed by atoms with Crippen LogP contribution >= 0.6 is 0 Å². The van der Waals surface area contributed by atoms with Crippen LogP contribution in [0.25, 0.3) is 0 Å². The van der Waals surface area contributed by atoms with Crippen molar-refractivity contribution in [2.24, 2.45) is 0 Å². The molecule has 8 heteroatoms. The summed E-state index contributed by atoms with van der Waals surface area (Å²) in [6.45, 7) is 0.350. The molecule has 0 aliphatic carbocycles. The van der Waals surface area contributed by atoms with E-state index in [-0.39, 0.29) is 11.4 Å². The van der Waals surface area contributed by atoms with Crippen molar-refractivity contribution in [2.45, 2.75) is 6.54 Å². The largest absolute Gasteiger partial charge is 0.362 e. The van der Waals surface area contributed by atoms with Crippen LogP contribution in [0.15, 0.2) is 54.5 Å². The van der Waals surface area contributed by atoms with E-state index in [9.17, 15) is 9.60 Å². The zero-order chi connectivity index (χ0) is 17.8. The summed E-state index contributed by atoms with van der Waals surface area (Å²) in [6.07, 6.45) is 1.45. The number of hydrogen-bond acceptors (Lipinski definition) is 7. The first kappa shape index (κ1) is 16.3. The summed E-state index contributed by atoms with van der Waals surface area (Å²) in [6, 6.07) is 14.7. The molecule has 0 aromatic heterocycles. The summed E-state index contributed by atoms with van der Waals surface area (Å²) in [5.74, 6) is -0.392. The second-order valence-corrected chi connectivity index (χ2v) is 5.14. The second kappa shape index (κ2) is 6.89. The molecular weight excluding hydrogens is 325 g/mol. The lowest BCUT2D eigenvalue weighted by Crippen LogP contribution is -2.26. The summed E-state index contributed by atoms with van der Waals surface area (Å²) in [5, 5.41) is 32.3. The smallest absolute Gasteiger partial charge is 0.179 e. The SMILES string of the molecule is N#Cc1cccc(CNC2=CN(c3ccc(F)c(C#N)c3)ON2O)c1. The van der Waals surface area contributed by atoms with Crippen molar-refractivity contribution in [3.8, 4) is 12.1 Å². The van der Waals surface area contributed by atoms with Crippen molar-refractivity contribution in [1.82, 2.24) is 10.5 Å². The average molecular weight is 337 g/mol. The zero-order valence-electron chi connectivity index (χ0n) is 12.8. The molecule has 0 saturated carbocycles. The lowest BCUT2D eigenvalue weighted by molar-refractivity contribution is -0.306. The Balaban J connectivity index is 1.73. The Kier molecular flexibility index (Phi) is 4.48. The van der Waals surface area contributed by atoms with Gasteiger partial charge in [-0.2, -0.15) is 15.6 Å². The van der Waals surface area contributed by atoms with E-state index in [0.29, 0.717) is 23.0 Å². The van der Waals surface area contributed by atoms with Gasteiger partial charge in [0, 0.05) is 6.54 Å². The first-order valence-electron chi connectivity index (χ1n) is 7.21. The number of nitriles is 2. The van der Waals surface area contributed by atoms with Gasteiger partial charge in [0.1, 0.15) is 11.9 Å². The van der Waals surface area contributed by atoms with E-state index < -0.39 is 5.82 Å². The highest BCUT2D eigenvalue weighted by molar-refractivity contribution is 5.52. The molecule has 0 atom stereocenters. The lowest BCUT2D eigenvalue weighted by Gasteiger charge is -2.16. The van der Waals surface area contributed by atoms with Gasteiger partial charge in [-0.15, -0.1) is 4.94 Å². The van der Waals surface area contributed by atoms with Gasteiger partial charge < -0.3 is 5.32 Å². The van der Waals surface area contributed by atoms with Gasteiger partial charge in [0.2, 0.25) is 0 Å². The van der Waals surface area contributed by atoms with Crippen molar-refractivity contribution in [3.63, 3.8) is 0 Å². The van der Waals surface area contributed by atoms with E-state index in [1.807, 2.05) is 6.07 Å². The van der Waals surface area contributed by atoms with Gasteiger partial charge in [-0.25, -0.2) is 4.39 Å². The number of rotatable bonds is 4.